The Bertz CT molecular complexity index is 727. The minimum Gasteiger partial charge on any atom is -0.493 e. The molecule has 1 aromatic carbocycles. The van der Waals surface area contributed by atoms with E-state index in [1.165, 1.54) is 12.3 Å². The average Bonchev–Trinajstić information content (AvgIpc) is 2.75. The quantitative estimate of drug-likeness (QED) is 0.355. The summed E-state index contributed by atoms with van der Waals surface area (Å²) in [6, 6.07) is 3.91. The van der Waals surface area contributed by atoms with Crippen molar-refractivity contribution in [3.05, 3.63) is 42.1 Å². The number of rotatable bonds is 10. The summed E-state index contributed by atoms with van der Waals surface area (Å²) in [6.45, 7) is 8.93. The molecule has 0 amide bonds. The molecule has 1 heterocycles. The SMILES string of the molecule is C=C/C(=C\N)C(=O)OCCN1CCN(Cc2ccc(OC)c(OC)c2OC)CC1. The Morgan fingerprint density at radius 2 is 1.72 bits per heavy atom. The number of esters is 1. The second-order valence-corrected chi connectivity index (χ2v) is 6.57. The van der Waals surface area contributed by atoms with Gasteiger partial charge in [0.1, 0.15) is 6.61 Å². The number of ether oxygens (including phenoxy) is 4. The van der Waals surface area contributed by atoms with Crippen LogP contribution in [-0.4, -0.2) is 76.4 Å². The van der Waals surface area contributed by atoms with E-state index in [1.807, 2.05) is 12.1 Å². The lowest BCUT2D eigenvalue weighted by molar-refractivity contribution is -0.139. The van der Waals surface area contributed by atoms with Crippen molar-refractivity contribution in [1.82, 2.24) is 9.80 Å². The summed E-state index contributed by atoms with van der Waals surface area (Å²) in [6.07, 6.45) is 2.60. The molecule has 1 aliphatic rings. The maximum Gasteiger partial charge on any atom is 0.339 e. The Morgan fingerprint density at radius 3 is 2.28 bits per heavy atom. The van der Waals surface area contributed by atoms with Crippen molar-refractivity contribution in [2.75, 3.05) is 60.7 Å². The van der Waals surface area contributed by atoms with Gasteiger partial charge in [0.25, 0.3) is 0 Å². The molecule has 1 fully saturated rings. The summed E-state index contributed by atoms with van der Waals surface area (Å²) in [4.78, 5) is 16.4. The molecule has 8 nitrogen and oxygen atoms in total. The smallest absolute Gasteiger partial charge is 0.339 e. The van der Waals surface area contributed by atoms with Crippen molar-refractivity contribution < 1.29 is 23.7 Å². The van der Waals surface area contributed by atoms with E-state index in [4.69, 9.17) is 24.7 Å². The van der Waals surface area contributed by atoms with Gasteiger partial charge in [0.05, 0.1) is 26.9 Å². The van der Waals surface area contributed by atoms with Crippen LogP contribution in [0.25, 0.3) is 0 Å². The Hall–Kier alpha value is -2.71. The highest BCUT2D eigenvalue weighted by Gasteiger charge is 2.21. The van der Waals surface area contributed by atoms with Gasteiger partial charge in [-0.05, 0) is 6.07 Å². The van der Waals surface area contributed by atoms with E-state index in [2.05, 4.69) is 16.4 Å². The number of nitrogens with zero attached hydrogens (tertiary/aromatic N) is 2. The van der Waals surface area contributed by atoms with Gasteiger partial charge in [-0.25, -0.2) is 4.79 Å². The first-order valence-electron chi connectivity index (χ1n) is 9.51. The number of hydrogen-bond donors (Lipinski definition) is 1. The van der Waals surface area contributed by atoms with Gasteiger partial charge >= 0.3 is 5.97 Å². The third-order valence-corrected chi connectivity index (χ3v) is 4.92. The molecule has 1 saturated heterocycles. The summed E-state index contributed by atoms with van der Waals surface area (Å²) < 4.78 is 21.6. The lowest BCUT2D eigenvalue weighted by atomic mass is 10.1. The van der Waals surface area contributed by atoms with Crippen LogP contribution >= 0.6 is 0 Å². The van der Waals surface area contributed by atoms with Gasteiger partial charge in [-0.3, -0.25) is 9.80 Å². The molecular formula is C21H31N3O5. The van der Waals surface area contributed by atoms with E-state index < -0.39 is 5.97 Å². The summed E-state index contributed by atoms with van der Waals surface area (Å²) >= 11 is 0. The number of carbonyl (C=O) groups excluding carboxylic acids is 1. The molecular weight excluding hydrogens is 374 g/mol. The molecule has 0 unspecified atom stereocenters. The highest BCUT2D eigenvalue weighted by Crippen LogP contribution is 2.40. The van der Waals surface area contributed by atoms with Gasteiger partial charge in [-0.2, -0.15) is 0 Å². The van der Waals surface area contributed by atoms with Gasteiger partial charge in [0.2, 0.25) is 5.75 Å². The first-order chi connectivity index (χ1) is 14.1. The fourth-order valence-electron chi connectivity index (χ4n) is 3.27. The van der Waals surface area contributed by atoms with Crippen LogP contribution in [0.2, 0.25) is 0 Å². The number of carbonyl (C=O) groups is 1. The van der Waals surface area contributed by atoms with Gasteiger partial charge in [-0.1, -0.05) is 18.7 Å². The molecule has 1 aromatic rings. The second-order valence-electron chi connectivity index (χ2n) is 6.57. The van der Waals surface area contributed by atoms with E-state index in [-0.39, 0.29) is 5.57 Å². The van der Waals surface area contributed by atoms with Crippen LogP contribution in [0.1, 0.15) is 5.56 Å². The van der Waals surface area contributed by atoms with Crippen LogP contribution in [0.4, 0.5) is 0 Å². The first kappa shape index (κ1) is 22.6. The van der Waals surface area contributed by atoms with Crippen LogP contribution in [0.15, 0.2) is 36.6 Å². The van der Waals surface area contributed by atoms with E-state index in [1.54, 1.807) is 21.3 Å². The number of piperazine rings is 1. The van der Waals surface area contributed by atoms with Gasteiger partial charge in [-0.15, -0.1) is 0 Å². The minimum atomic E-state index is -0.443. The van der Waals surface area contributed by atoms with Crippen LogP contribution < -0.4 is 19.9 Å². The number of hydrogen-bond acceptors (Lipinski definition) is 8. The predicted molar refractivity (Wildman–Crippen MR) is 111 cm³/mol. The van der Waals surface area contributed by atoms with E-state index >= 15 is 0 Å². The molecule has 2 N–H and O–H groups in total. The number of methoxy groups -OCH3 is 3. The molecule has 160 valence electrons. The number of nitrogens with two attached hydrogens (primary N) is 1. The lowest BCUT2D eigenvalue weighted by Crippen LogP contribution is -2.46. The van der Waals surface area contributed by atoms with Crippen LogP contribution in [0.5, 0.6) is 17.2 Å². The zero-order valence-corrected chi connectivity index (χ0v) is 17.5. The van der Waals surface area contributed by atoms with Gasteiger partial charge in [0.15, 0.2) is 11.5 Å². The molecule has 0 radical (unpaired) electrons. The van der Waals surface area contributed by atoms with Crippen molar-refractivity contribution in [2.24, 2.45) is 5.73 Å². The van der Waals surface area contributed by atoms with Crippen molar-refractivity contribution in [3.8, 4) is 17.2 Å². The van der Waals surface area contributed by atoms with Gasteiger partial charge in [0, 0.05) is 51.0 Å². The molecule has 0 saturated carbocycles. The Morgan fingerprint density at radius 1 is 1.07 bits per heavy atom. The average molecular weight is 405 g/mol. The summed E-state index contributed by atoms with van der Waals surface area (Å²) in [5.74, 6) is 1.52. The van der Waals surface area contributed by atoms with Crippen molar-refractivity contribution in [2.45, 2.75) is 6.54 Å². The molecule has 0 spiro atoms. The topological polar surface area (TPSA) is 86.5 Å². The third-order valence-electron chi connectivity index (χ3n) is 4.92. The van der Waals surface area contributed by atoms with E-state index in [0.29, 0.717) is 30.4 Å². The molecule has 0 aromatic heterocycles. The zero-order chi connectivity index (χ0) is 21.2. The lowest BCUT2D eigenvalue weighted by Gasteiger charge is -2.34. The van der Waals surface area contributed by atoms with Crippen molar-refractivity contribution in [1.29, 1.82) is 0 Å². The summed E-state index contributed by atoms with van der Waals surface area (Å²) in [5, 5.41) is 0. The summed E-state index contributed by atoms with van der Waals surface area (Å²) in [5.41, 5.74) is 6.69. The summed E-state index contributed by atoms with van der Waals surface area (Å²) in [7, 11) is 4.85. The molecule has 29 heavy (non-hydrogen) atoms. The fourth-order valence-corrected chi connectivity index (χ4v) is 3.27. The molecule has 8 heteroatoms. The Kier molecular flexibility index (Phi) is 8.82. The molecule has 1 aliphatic heterocycles. The highest BCUT2D eigenvalue weighted by atomic mass is 16.5. The van der Waals surface area contributed by atoms with Gasteiger partial charge < -0.3 is 24.7 Å². The third kappa shape index (κ3) is 5.88. The molecule has 2 rings (SSSR count). The maximum absolute atomic E-state index is 11.8. The second kappa shape index (κ2) is 11.3. The molecule has 0 atom stereocenters. The monoisotopic (exact) mass is 405 g/mol. The van der Waals surface area contributed by atoms with Crippen LogP contribution in [-0.2, 0) is 16.1 Å². The fraction of sp³-hybridized carbons (Fsp3) is 0.476. The normalized spacial score (nSPS) is 15.6. The predicted octanol–water partition coefficient (Wildman–Crippen LogP) is 1.40. The van der Waals surface area contributed by atoms with Crippen LogP contribution in [0.3, 0.4) is 0 Å². The standard InChI is InChI=1S/C21H31N3O5/c1-5-16(14-22)21(25)29-13-12-23-8-10-24(11-9-23)15-17-6-7-18(26-2)20(28-4)19(17)27-3/h5-7,14H,1,8-13,15,22H2,2-4H3/b16-14+. The van der Waals surface area contributed by atoms with E-state index in [0.717, 1.165) is 38.3 Å². The largest absolute Gasteiger partial charge is 0.493 e. The Balaban J connectivity index is 1.84. The maximum atomic E-state index is 11.8. The van der Waals surface area contributed by atoms with Crippen molar-refractivity contribution >= 4 is 5.97 Å². The Labute approximate surface area is 172 Å². The van der Waals surface area contributed by atoms with Crippen LogP contribution in [0, 0.1) is 0 Å². The number of benzene rings is 1. The minimum absolute atomic E-state index is 0.277. The van der Waals surface area contributed by atoms with Crippen molar-refractivity contribution in [3.63, 3.8) is 0 Å². The molecule has 0 aliphatic carbocycles. The van der Waals surface area contributed by atoms with E-state index in [9.17, 15) is 4.79 Å². The highest BCUT2D eigenvalue weighted by molar-refractivity contribution is 5.91. The molecule has 0 bridgehead atoms. The first-order valence-corrected chi connectivity index (χ1v) is 9.51. The zero-order valence-electron chi connectivity index (χ0n) is 17.5.